The molecule has 0 N–H and O–H groups in total. The Morgan fingerprint density at radius 2 is 1.09 bits per heavy atom. The van der Waals surface area contributed by atoms with Gasteiger partial charge in [-0.05, 0) is 34.9 Å². The van der Waals surface area contributed by atoms with E-state index in [0.717, 1.165) is 25.5 Å². The highest BCUT2D eigenvalue weighted by atomic mass is 15.2. The van der Waals surface area contributed by atoms with Crippen molar-refractivity contribution in [3.8, 4) is 0 Å². The van der Waals surface area contributed by atoms with Gasteiger partial charge in [-0.3, -0.25) is 0 Å². The van der Waals surface area contributed by atoms with E-state index in [1.165, 1.54) is 93.7 Å². The van der Waals surface area contributed by atoms with Crippen LogP contribution in [0.3, 0.4) is 0 Å². The van der Waals surface area contributed by atoms with Crippen LogP contribution in [0.25, 0.3) is 0 Å². The van der Waals surface area contributed by atoms with Crippen LogP contribution in [-0.2, 0) is 11.8 Å². The van der Waals surface area contributed by atoms with Crippen molar-refractivity contribution in [3.05, 3.63) is 53.3 Å². The summed E-state index contributed by atoms with van der Waals surface area (Å²) in [7, 11) is 0. The standard InChI is InChI=1S/C31H51N3/c1-6-8-10-12-14-16-22-34(23-17-15-13-11-9-7-2)30-32-25-28(26-33-30)24-27-18-20-29(21-19-27)31(3,4)5/h18-21,25-26H,6-17,22-24H2,1-5H3. The minimum atomic E-state index is 0.193. The zero-order valence-corrected chi connectivity index (χ0v) is 22.9. The molecule has 1 aromatic carbocycles. The molecule has 1 aromatic heterocycles. The quantitative estimate of drug-likeness (QED) is 0.218. The molecule has 0 atom stereocenters. The van der Waals surface area contributed by atoms with Crippen molar-refractivity contribution in [3.63, 3.8) is 0 Å². The highest BCUT2D eigenvalue weighted by Gasteiger charge is 2.13. The fourth-order valence-corrected chi connectivity index (χ4v) is 4.44. The molecule has 0 amide bonds. The zero-order chi connectivity index (χ0) is 24.7. The van der Waals surface area contributed by atoms with Gasteiger partial charge < -0.3 is 4.90 Å². The summed E-state index contributed by atoms with van der Waals surface area (Å²) in [6.45, 7) is 13.5. The zero-order valence-electron chi connectivity index (χ0n) is 22.9. The van der Waals surface area contributed by atoms with Gasteiger partial charge in [0, 0.05) is 31.9 Å². The molecule has 34 heavy (non-hydrogen) atoms. The van der Waals surface area contributed by atoms with Crippen LogP contribution in [0.1, 0.15) is 128 Å². The second-order valence-electron chi connectivity index (χ2n) is 11.0. The first kappa shape index (κ1) is 28.3. The molecule has 0 saturated carbocycles. The molecule has 0 saturated heterocycles. The van der Waals surface area contributed by atoms with Crippen molar-refractivity contribution < 1.29 is 0 Å². The molecular formula is C31H51N3. The van der Waals surface area contributed by atoms with Gasteiger partial charge in [-0.1, -0.05) is 123 Å². The topological polar surface area (TPSA) is 29.0 Å². The lowest BCUT2D eigenvalue weighted by molar-refractivity contribution is 0.570. The fourth-order valence-electron chi connectivity index (χ4n) is 4.44. The Balaban J connectivity index is 1.92. The van der Waals surface area contributed by atoms with E-state index in [1.807, 2.05) is 12.4 Å². The molecule has 3 heteroatoms. The second kappa shape index (κ2) is 15.9. The van der Waals surface area contributed by atoms with Crippen LogP contribution in [0.4, 0.5) is 5.95 Å². The lowest BCUT2D eigenvalue weighted by Crippen LogP contribution is -2.27. The van der Waals surface area contributed by atoms with Gasteiger partial charge in [-0.15, -0.1) is 0 Å². The van der Waals surface area contributed by atoms with Crippen LogP contribution in [0, 0.1) is 0 Å². The molecule has 0 bridgehead atoms. The summed E-state index contributed by atoms with van der Waals surface area (Å²) in [4.78, 5) is 12.0. The molecule has 0 aliphatic carbocycles. The molecule has 2 rings (SSSR count). The Morgan fingerprint density at radius 3 is 1.56 bits per heavy atom. The van der Waals surface area contributed by atoms with Crippen LogP contribution >= 0.6 is 0 Å². The summed E-state index contributed by atoms with van der Waals surface area (Å²) < 4.78 is 0. The van der Waals surface area contributed by atoms with E-state index in [-0.39, 0.29) is 5.41 Å². The highest BCUT2D eigenvalue weighted by Crippen LogP contribution is 2.23. The van der Waals surface area contributed by atoms with Crippen LogP contribution < -0.4 is 4.90 Å². The second-order valence-corrected chi connectivity index (χ2v) is 11.0. The molecule has 3 nitrogen and oxygen atoms in total. The number of rotatable bonds is 17. The van der Waals surface area contributed by atoms with Gasteiger partial charge in [-0.2, -0.15) is 0 Å². The maximum Gasteiger partial charge on any atom is 0.225 e. The number of hydrogen-bond acceptors (Lipinski definition) is 3. The Morgan fingerprint density at radius 1 is 0.618 bits per heavy atom. The van der Waals surface area contributed by atoms with E-state index >= 15 is 0 Å². The molecule has 0 aliphatic rings. The third-order valence-electron chi connectivity index (χ3n) is 6.77. The Bertz CT molecular complexity index is 743. The Hall–Kier alpha value is -1.90. The molecule has 0 radical (unpaired) electrons. The Kier molecular flexibility index (Phi) is 13.3. The first-order valence-corrected chi connectivity index (χ1v) is 14.1. The molecule has 2 aromatic rings. The molecule has 0 unspecified atom stereocenters. The summed E-state index contributed by atoms with van der Waals surface area (Å²) in [5.74, 6) is 0.911. The third-order valence-corrected chi connectivity index (χ3v) is 6.77. The average Bonchev–Trinajstić information content (AvgIpc) is 2.82. The minimum Gasteiger partial charge on any atom is -0.341 e. The van der Waals surface area contributed by atoms with Gasteiger partial charge in [0.1, 0.15) is 0 Å². The summed E-state index contributed by atoms with van der Waals surface area (Å²) in [6, 6.07) is 9.01. The molecule has 0 aliphatic heterocycles. The van der Waals surface area contributed by atoms with Gasteiger partial charge in [0.2, 0.25) is 5.95 Å². The van der Waals surface area contributed by atoms with Crippen molar-refractivity contribution in [2.45, 2.75) is 124 Å². The lowest BCUT2D eigenvalue weighted by Gasteiger charge is -2.23. The van der Waals surface area contributed by atoms with Crippen molar-refractivity contribution in [1.82, 2.24) is 9.97 Å². The smallest absolute Gasteiger partial charge is 0.225 e. The maximum absolute atomic E-state index is 4.80. The molecule has 1 heterocycles. The average molecular weight is 466 g/mol. The highest BCUT2D eigenvalue weighted by molar-refractivity contribution is 5.33. The van der Waals surface area contributed by atoms with Crippen LogP contribution in [0.2, 0.25) is 0 Å². The van der Waals surface area contributed by atoms with Crippen molar-refractivity contribution >= 4 is 5.95 Å². The van der Waals surface area contributed by atoms with E-state index in [1.54, 1.807) is 0 Å². The monoisotopic (exact) mass is 465 g/mol. The minimum absolute atomic E-state index is 0.193. The van der Waals surface area contributed by atoms with Crippen molar-refractivity contribution in [2.75, 3.05) is 18.0 Å². The maximum atomic E-state index is 4.80. The van der Waals surface area contributed by atoms with Gasteiger partial charge in [-0.25, -0.2) is 9.97 Å². The number of anilines is 1. The molecule has 190 valence electrons. The number of unbranched alkanes of at least 4 members (excludes halogenated alkanes) is 10. The molecular weight excluding hydrogens is 414 g/mol. The predicted molar refractivity (Wildman–Crippen MR) is 149 cm³/mol. The molecule has 0 spiro atoms. The van der Waals surface area contributed by atoms with Gasteiger partial charge in [0.15, 0.2) is 0 Å². The first-order chi connectivity index (χ1) is 16.4. The van der Waals surface area contributed by atoms with E-state index in [0.29, 0.717) is 0 Å². The van der Waals surface area contributed by atoms with Crippen LogP contribution in [-0.4, -0.2) is 23.1 Å². The van der Waals surface area contributed by atoms with Gasteiger partial charge in [0.25, 0.3) is 0 Å². The molecule has 0 fully saturated rings. The third kappa shape index (κ3) is 11.0. The van der Waals surface area contributed by atoms with E-state index in [2.05, 4.69) is 63.8 Å². The normalized spacial score (nSPS) is 11.7. The van der Waals surface area contributed by atoms with Crippen molar-refractivity contribution in [2.24, 2.45) is 0 Å². The number of aromatic nitrogens is 2. The summed E-state index contributed by atoms with van der Waals surface area (Å²) in [5.41, 5.74) is 4.08. The predicted octanol–water partition coefficient (Wildman–Crippen LogP) is 8.89. The lowest BCUT2D eigenvalue weighted by atomic mass is 9.86. The fraction of sp³-hybridized carbons (Fsp3) is 0.677. The van der Waals surface area contributed by atoms with E-state index in [4.69, 9.17) is 9.97 Å². The van der Waals surface area contributed by atoms with E-state index in [9.17, 15) is 0 Å². The summed E-state index contributed by atoms with van der Waals surface area (Å²) in [6.07, 6.45) is 20.9. The summed E-state index contributed by atoms with van der Waals surface area (Å²) >= 11 is 0. The number of nitrogens with zero attached hydrogens (tertiary/aromatic N) is 3. The van der Waals surface area contributed by atoms with E-state index < -0.39 is 0 Å². The number of benzene rings is 1. The van der Waals surface area contributed by atoms with Gasteiger partial charge >= 0.3 is 0 Å². The SMILES string of the molecule is CCCCCCCCN(CCCCCCCC)c1ncc(Cc2ccc(C(C)(C)C)cc2)cn1. The largest absolute Gasteiger partial charge is 0.341 e. The first-order valence-electron chi connectivity index (χ1n) is 14.1. The van der Waals surface area contributed by atoms with Crippen molar-refractivity contribution in [1.29, 1.82) is 0 Å². The number of hydrogen-bond donors (Lipinski definition) is 0. The summed E-state index contributed by atoms with van der Waals surface area (Å²) in [5, 5.41) is 0. The van der Waals surface area contributed by atoms with Crippen LogP contribution in [0.5, 0.6) is 0 Å². The van der Waals surface area contributed by atoms with Gasteiger partial charge in [0.05, 0.1) is 0 Å². The van der Waals surface area contributed by atoms with Crippen LogP contribution in [0.15, 0.2) is 36.7 Å². The Labute approximate surface area is 210 Å².